The second kappa shape index (κ2) is 8.70. The summed E-state index contributed by atoms with van der Waals surface area (Å²) in [6.45, 7) is 2.90. The molecule has 0 bridgehead atoms. The van der Waals surface area contributed by atoms with Crippen LogP contribution in [-0.2, 0) is 4.74 Å². The number of nitrogens with one attached hydrogen (secondary N) is 2. The average molecular weight is 316 g/mol. The van der Waals surface area contributed by atoms with Crippen molar-refractivity contribution >= 4 is 11.8 Å². The van der Waals surface area contributed by atoms with Gasteiger partial charge in [-0.05, 0) is 30.7 Å². The first-order valence-electron chi connectivity index (χ1n) is 7.28. The van der Waals surface area contributed by atoms with Crippen molar-refractivity contribution in [2.24, 2.45) is 0 Å². The van der Waals surface area contributed by atoms with E-state index in [1.807, 2.05) is 31.2 Å². The zero-order valence-electron chi connectivity index (χ0n) is 13.2. The lowest BCUT2D eigenvalue weighted by molar-refractivity contribution is 0.168. The first-order chi connectivity index (χ1) is 11.2. The predicted molar refractivity (Wildman–Crippen MR) is 86.4 cm³/mol. The number of hydrogen-bond donors (Lipinski definition) is 2. The van der Waals surface area contributed by atoms with Crippen LogP contribution in [0.3, 0.4) is 0 Å². The van der Waals surface area contributed by atoms with Crippen molar-refractivity contribution in [3.8, 4) is 5.75 Å². The molecule has 0 saturated carbocycles. The lowest BCUT2D eigenvalue weighted by atomic mass is 10.1. The van der Waals surface area contributed by atoms with Gasteiger partial charge in [0.2, 0.25) is 0 Å². The van der Waals surface area contributed by atoms with Gasteiger partial charge in [-0.15, -0.1) is 0 Å². The third-order valence-corrected chi connectivity index (χ3v) is 3.06. The highest BCUT2D eigenvalue weighted by Gasteiger charge is 2.15. The van der Waals surface area contributed by atoms with Crippen LogP contribution in [0, 0.1) is 0 Å². The van der Waals surface area contributed by atoms with Crippen LogP contribution in [-0.4, -0.2) is 36.3 Å². The van der Waals surface area contributed by atoms with Crippen molar-refractivity contribution < 1.29 is 14.3 Å². The fourth-order valence-electron chi connectivity index (χ4n) is 2.03. The minimum atomic E-state index is -0.361. The van der Waals surface area contributed by atoms with Crippen LogP contribution in [0.1, 0.15) is 18.5 Å². The highest BCUT2D eigenvalue weighted by Crippen LogP contribution is 2.18. The van der Waals surface area contributed by atoms with Gasteiger partial charge in [0, 0.05) is 13.3 Å². The maximum absolute atomic E-state index is 12.1. The lowest BCUT2D eigenvalue weighted by Gasteiger charge is -2.19. The van der Waals surface area contributed by atoms with E-state index in [2.05, 4.69) is 20.6 Å². The SMILES string of the molecule is CCOc1ccc([C@H](COC)NC(=O)Nc2ccncn2)cc1. The van der Waals surface area contributed by atoms with Crippen molar-refractivity contribution in [3.05, 3.63) is 48.4 Å². The van der Waals surface area contributed by atoms with Crippen LogP contribution < -0.4 is 15.4 Å². The summed E-state index contributed by atoms with van der Waals surface area (Å²) in [5, 5.41) is 5.51. The number of rotatable bonds is 7. The van der Waals surface area contributed by atoms with Gasteiger partial charge >= 0.3 is 6.03 Å². The fraction of sp³-hybridized carbons (Fsp3) is 0.312. The second-order valence-electron chi connectivity index (χ2n) is 4.70. The Morgan fingerprint density at radius 2 is 2.04 bits per heavy atom. The molecular weight excluding hydrogens is 296 g/mol. The van der Waals surface area contributed by atoms with E-state index in [1.54, 1.807) is 19.4 Å². The third kappa shape index (κ3) is 5.23. The molecule has 0 unspecified atom stereocenters. The van der Waals surface area contributed by atoms with Crippen LogP contribution >= 0.6 is 0 Å². The summed E-state index contributed by atoms with van der Waals surface area (Å²) in [4.78, 5) is 19.8. The number of anilines is 1. The summed E-state index contributed by atoms with van der Waals surface area (Å²) in [5.41, 5.74) is 0.924. The maximum atomic E-state index is 12.1. The standard InChI is InChI=1S/C16H20N4O3/c1-3-23-13-6-4-12(5-7-13)14(10-22-2)19-16(21)20-15-8-9-17-11-18-15/h4-9,11,14H,3,10H2,1-2H3,(H2,17,18,19,20,21)/t14-/m0/s1. The molecule has 23 heavy (non-hydrogen) atoms. The Labute approximate surface area is 135 Å². The summed E-state index contributed by atoms with van der Waals surface area (Å²) in [6, 6.07) is 8.51. The van der Waals surface area contributed by atoms with E-state index in [9.17, 15) is 4.79 Å². The van der Waals surface area contributed by atoms with Crippen LogP contribution in [0.2, 0.25) is 0 Å². The zero-order valence-corrected chi connectivity index (χ0v) is 13.2. The Balaban J connectivity index is 2.01. The number of methoxy groups -OCH3 is 1. The highest BCUT2D eigenvalue weighted by atomic mass is 16.5. The van der Waals surface area contributed by atoms with Gasteiger partial charge in [0.05, 0.1) is 19.3 Å². The minimum absolute atomic E-state index is 0.280. The fourth-order valence-corrected chi connectivity index (χ4v) is 2.03. The third-order valence-electron chi connectivity index (χ3n) is 3.06. The zero-order chi connectivity index (χ0) is 16.5. The Morgan fingerprint density at radius 3 is 2.65 bits per heavy atom. The molecule has 1 heterocycles. The molecule has 0 fully saturated rings. The molecule has 0 aliphatic carbocycles. The van der Waals surface area contributed by atoms with E-state index in [0.29, 0.717) is 19.0 Å². The first-order valence-corrected chi connectivity index (χ1v) is 7.28. The maximum Gasteiger partial charge on any atom is 0.320 e. The van der Waals surface area contributed by atoms with E-state index in [0.717, 1.165) is 11.3 Å². The predicted octanol–water partition coefficient (Wildman–Crippen LogP) is 2.38. The van der Waals surface area contributed by atoms with Crippen LogP contribution in [0.4, 0.5) is 10.6 Å². The monoisotopic (exact) mass is 316 g/mol. The molecule has 0 spiro atoms. The number of nitrogens with zero attached hydrogens (tertiary/aromatic N) is 2. The van der Waals surface area contributed by atoms with Crippen LogP contribution in [0.15, 0.2) is 42.9 Å². The topological polar surface area (TPSA) is 85.4 Å². The molecule has 2 rings (SSSR count). The summed E-state index contributed by atoms with van der Waals surface area (Å²) in [6.07, 6.45) is 2.93. The highest BCUT2D eigenvalue weighted by molar-refractivity contribution is 5.88. The molecule has 7 heteroatoms. The number of amides is 2. The minimum Gasteiger partial charge on any atom is -0.494 e. The molecule has 0 aliphatic rings. The molecule has 1 aromatic heterocycles. The van der Waals surface area contributed by atoms with Gasteiger partial charge in [0.15, 0.2) is 0 Å². The van der Waals surface area contributed by atoms with Gasteiger partial charge in [-0.1, -0.05) is 12.1 Å². The molecular formula is C16H20N4O3. The van der Waals surface area contributed by atoms with Crippen molar-refractivity contribution in [3.63, 3.8) is 0 Å². The van der Waals surface area contributed by atoms with Crippen molar-refractivity contribution in [2.75, 3.05) is 25.6 Å². The van der Waals surface area contributed by atoms with Gasteiger partial charge < -0.3 is 14.8 Å². The largest absolute Gasteiger partial charge is 0.494 e. The van der Waals surface area contributed by atoms with Gasteiger partial charge in [0.25, 0.3) is 0 Å². The molecule has 7 nitrogen and oxygen atoms in total. The summed E-state index contributed by atoms with van der Waals surface area (Å²) in [7, 11) is 1.59. The van der Waals surface area contributed by atoms with E-state index < -0.39 is 0 Å². The van der Waals surface area contributed by atoms with Crippen molar-refractivity contribution in [1.82, 2.24) is 15.3 Å². The molecule has 122 valence electrons. The quantitative estimate of drug-likeness (QED) is 0.819. The molecule has 2 amide bonds. The van der Waals surface area contributed by atoms with Gasteiger partial charge in [-0.2, -0.15) is 0 Å². The number of carbonyl (C=O) groups excluding carboxylic acids is 1. The Kier molecular flexibility index (Phi) is 6.31. The second-order valence-corrected chi connectivity index (χ2v) is 4.70. The van der Waals surface area contributed by atoms with E-state index in [1.165, 1.54) is 6.33 Å². The molecule has 0 radical (unpaired) electrons. The Hall–Kier alpha value is -2.67. The average Bonchev–Trinajstić information content (AvgIpc) is 2.56. The summed E-state index contributed by atoms with van der Waals surface area (Å²) in [5.74, 6) is 1.22. The van der Waals surface area contributed by atoms with E-state index in [-0.39, 0.29) is 12.1 Å². The van der Waals surface area contributed by atoms with Crippen LogP contribution in [0.25, 0.3) is 0 Å². The van der Waals surface area contributed by atoms with Gasteiger partial charge in [-0.3, -0.25) is 5.32 Å². The Morgan fingerprint density at radius 1 is 1.26 bits per heavy atom. The smallest absolute Gasteiger partial charge is 0.320 e. The molecule has 1 aromatic carbocycles. The molecule has 1 atom stereocenters. The molecule has 0 saturated heterocycles. The van der Waals surface area contributed by atoms with Gasteiger partial charge in [0.1, 0.15) is 17.9 Å². The first kappa shape index (κ1) is 16.7. The van der Waals surface area contributed by atoms with E-state index >= 15 is 0 Å². The number of carbonyl (C=O) groups is 1. The number of urea groups is 1. The number of hydrogen-bond acceptors (Lipinski definition) is 5. The number of aromatic nitrogens is 2. The number of benzene rings is 1. The summed E-state index contributed by atoms with van der Waals surface area (Å²) < 4.78 is 10.6. The summed E-state index contributed by atoms with van der Waals surface area (Å²) >= 11 is 0. The Bertz CT molecular complexity index is 604. The molecule has 2 aromatic rings. The number of ether oxygens (including phenoxy) is 2. The van der Waals surface area contributed by atoms with Crippen molar-refractivity contribution in [2.45, 2.75) is 13.0 Å². The van der Waals surface area contributed by atoms with E-state index in [4.69, 9.17) is 9.47 Å². The molecule has 0 aliphatic heterocycles. The normalized spacial score (nSPS) is 11.6. The lowest BCUT2D eigenvalue weighted by Crippen LogP contribution is -2.35. The van der Waals surface area contributed by atoms with Crippen LogP contribution in [0.5, 0.6) is 5.75 Å². The van der Waals surface area contributed by atoms with Crippen molar-refractivity contribution in [1.29, 1.82) is 0 Å². The van der Waals surface area contributed by atoms with Gasteiger partial charge in [-0.25, -0.2) is 14.8 Å². The molecule has 2 N–H and O–H groups in total.